The van der Waals surface area contributed by atoms with E-state index in [1.165, 1.54) is 6.07 Å². The van der Waals surface area contributed by atoms with E-state index < -0.39 is 11.6 Å². The van der Waals surface area contributed by atoms with Crippen LogP contribution < -0.4 is 10.2 Å². The second kappa shape index (κ2) is 3.68. The highest BCUT2D eigenvalue weighted by molar-refractivity contribution is 5.97. The molecular weight excluding hydrogens is 226 g/mol. The largest absolute Gasteiger partial charge is 0.366 e. The van der Waals surface area contributed by atoms with Crippen molar-refractivity contribution in [3.63, 3.8) is 0 Å². The third-order valence-corrected chi connectivity index (χ3v) is 3.41. The molecule has 3 rings (SSSR count). The summed E-state index contributed by atoms with van der Waals surface area (Å²) in [4.78, 5) is 13.6. The molecule has 1 N–H and O–H groups in total. The maximum absolute atomic E-state index is 13.7. The summed E-state index contributed by atoms with van der Waals surface area (Å²) in [5, 5.41) is 2.52. The standard InChI is InChI=1S/C12H12F2N2O/c13-7-4-9(14)12-10(5-7)16-3-1-2-8(16)6-11(17)15-12/h4-5,8H,1-3,6H2,(H,15,17). The van der Waals surface area contributed by atoms with E-state index >= 15 is 0 Å². The van der Waals surface area contributed by atoms with E-state index in [-0.39, 0.29) is 17.6 Å². The van der Waals surface area contributed by atoms with Gasteiger partial charge in [-0.05, 0) is 18.9 Å². The summed E-state index contributed by atoms with van der Waals surface area (Å²) in [5.41, 5.74) is 0.580. The topological polar surface area (TPSA) is 32.3 Å². The van der Waals surface area contributed by atoms with Gasteiger partial charge in [0, 0.05) is 25.1 Å². The van der Waals surface area contributed by atoms with Gasteiger partial charge >= 0.3 is 0 Å². The van der Waals surface area contributed by atoms with Gasteiger partial charge in [0.2, 0.25) is 5.91 Å². The number of hydrogen-bond acceptors (Lipinski definition) is 2. The Morgan fingerprint density at radius 2 is 2.18 bits per heavy atom. The second-order valence-corrected chi connectivity index (χ2v) is 4.52. The first-order valence-corrected chi connectivity index (χ1v) is 5.70. The first-order chi connectivity index (χ1) is 8.15. The van der Waals surface area contributed by atoms with Crippen LogP contribution in [0.1, 0.15) is 19.3 Å². The minimum Gasteiger partial charge on any atom is -0.366 e. The molecule has 0 aliphatic carbocycles. The van der Waals surface area contributed by atoms with E-state index in [9.17, 15) is 13.6 Å². The number of benzene rings is 1. The maximum atomic E-state index is 13.7. The van der Waals surface area contributed by atoms with Crippen molar-refractivity contribution in [2.24, 2.45) is 0 Å². The number of carbonyl (C=O) groups is 1. The molecule has 0 bridgehead atoms. The molecule has 0 aromatic heterocycles. The maximum Gasteiger partial charge on any atom is 0.226 e. The summed E-state index contributed by atoms with van der Waals surface area (Å²) in [5.74, 6) is -1.52. The first kappa shape index (κ1) is 10.5. The lowest BCUT2D eigenvalue weighted by Crippen LogP contribution is -2.29. The summed E-state index contributed by atoms with van der Waals surface area (Å²) in [7, 11) is 0. The van der Waals surface area contributed by atoms with Gasteiger partial charge in [0.15, 0.2) is 5.82 Å². The van der Waals surface area contributed by atoms with Crippen molar-refractivity contribution in [2.45, 2.75) is 25.3 Å². The van der Waals surface area contributed by atoms with Crippen LogP contribution in [-0.4, -0.2) is 18.5 Å². The van der Waals surface area contributed by atoms with Crippen molar-refractivity contribution < 1.29 is 13.6 Å². The Morgan fingerprint density at radius 1 is 1.35 bits per heavy atom. The Labute approximate surface area is 97.4 Å². The van der Waals surface area contributed by atoms with Gasteiger partial charge in [0.1, 0.15) is 11.5 Å². The molecule has 2 aliphatic heterocycles. The second-order valence-electron chi connectivity index (χ2n) is 4.52. The third-order valence-electron chi connectivity index (χ3n) is 3.41. The Kier molecular flexibility index (Phi) is 2.28. The minimum atomic E-state index is -0.707. The molecule has 1 saturated heterocycles. The van der Waals surface area contributed by atoms with Crippen LogP contribution in [0, 0.1) is 11.6 Å². The molecule has 0 saturated carbocycles. The van der Waals surface area contributed by atoms with Crippen molar-refractivity contribution in [3.8, 4) is 0 Å². The number of amides is 1. The lowest BCUT2D eigenvalue weighted by atomic mass is 10.1. The van der Waals surface area contributed by atoms with Crippen molar-refractivity contribution in [1.29, 1.82) is 0 Å². The van der Waals surface area contributed by atoms with E-state index in [0.717, 1.165) is 25.5 Å². The van der Waals surface area contributed by atoms with Crippen LogP contribution in [0.4, 0.5) is 20.2 Å². The van der Waals surface area contributed by atoms with Crippen molar-refractivity contribution in [1.82, 2.24) is 0 Å². The lowest BCUT2D eigenvalue weighted by Gasteiger charge is -2.24. The number of anilines is 2. The van der Waals surface area contributed by atoms with Crippen LogP contribution in [-0.2, 0) is 4.79 Å². The monoisotopic (exact) mass is 238 g/mol. The smallest absolute Gasteiger partial charge is 0.226 e. The normalized spacial score (nSPS) is 22.8. The molecule has 1 amide bonds. The molecule has 3 nitrogen and oxygen atoms in total. The van der Waals surface area contributed by atoms with Crippen molar-refractivity contribution >= 4 is 17.3 Å². The van der Waals surface area contributed by atoms with E-state index in [0.29, 0.717) is 12.1 Å². The third kappa shape index (κ3) is 1.66. The fourth-order valence-electron chi connectivity index (χ4n) is 2.68. The molecule has 1 fully saturated rings. The zero-order valence-corrected chi connectivity index (χ0v) is 9.17. The van der Waals surface area contributed by atoms with Gasteiger partial charge in [-0.2, -0.15) is 0 Å². The van der Waals surface area contributed by atoms with Crippen molar-refractivity contribution in [3.05, 3.63) is 23.8 Å². The predicted molar refractivity (Wildman–Crippen MR) is 60.0 cm³/mol. The summed E-state index contributed by atoms with van der Waals surface area (Å²) < 4.78 is 26.9. The molecule has 1 aromatic rings. The van der Waals surface area contributed by atoms with Gasteiger partial charge < -0.3 is 10.2 Å². The Balaban J connectivity index is 2.16. The molecule has 2 heterocycles. The summed E-state index contributed by atoms with van der Waals surface area (Å²) in [6.07, 6.45) is 2.19. The fraction of sp³-hybridized carbons (Fsp3) is 0.417. The zero-order valence-electron chi connectivity index (χ0n) is 9.17. The predicted octanol–water partition coefficient (Wildman–Crippen LogP) is 2.28. The number of rotatable bonds is 0. The van der Waals surface area contributed by atoms with Crippen LogP contribution in [0.15, 0.2) is 12.1 Å². The molecule has 1 atom stereocenters. The number of nitrogens with zero attached hydrogens (tertiary/aromatic N) is 1. The number of hydrogen-bond donors (Lipinski definition) is 1. The molecule has 0 spiro atoms. The highest BCUT2D eigenvalue weighted by atomic mass is 19.1. The van der Waals surface area contributed by atoms with Gasteiger partial charge in [0.05, 0.1) is 5.69 Å². The average molecular weight is 238 g/mol. The molecule has 2 aliphatic rings. The quantitative estimate of drug-likeness (QED) is 0.752. The lowest BCUT2D eigenvalue weighted by molar-refractivity contribution is -0.116. The fourth-order valence-corrected chi connectivity index (χ4v) is 2.68. The molecule has 1 unspecified atom stereocenters. The average Bonchev–Trinajstić information content (AvgIpc) is 2.65. The van der Waals surface area contributed by atoms with E-state index in [4.69, 9.17) is 0 Å². The summed E-state index contributed by atoms with van der Waals surface area (Å²) in [6.45, 7) is 0.746. The Hall–Kier alpha value is -1.65. The van der Waals surface area contributed by atoms with E-state index in [2.05, 4.69) is 5.32 Å². The van der Waals surface area contributed by atoms with Gasteiger partial charge in [0.25, 0.3) is 0 Å². The number of fused-ring (bicyclic) bond motifs is 3. The molecule has 90 valence electrons. The highest BCUT2D eigenvalue weighted by Gasteiger charge is 2.33. The highest BCUT2D eigenvalue weighted by Crippen LogP contribution is 2.38. The van der Waals surface area contributed by atoms with Crippen LogP contribution in [0.2, 0.25) is 0 Å². The minimum absolute atomic E-state index is 0.0671. The van der Waals surface area contributed by atoms with Gasteiger partial charge in [-0.15, -0.1) is 0 Å². The first-order valence-electron chi connectivity index (χ1n) is 5.70. The van der Waals surface area contributed by atoms with Crippen molar-refractivity contribution in [2.75, 3.05) is 16.8 Å². The Morgan fingerprint density at radius 3 is 3.00 bits per heavy atom. The van der Waals surface area contributed by atoms with Crippen LogP contribution >= 0.6 is 0 Å². The van der Waals surface area contributed by atoms with Crippen LogP contribution in [0.25, 0.3) is 0 Å². The molecule has 17 heavy (non-hydrogen) atoms. The number of carbonyl (C=O) groups excluding carboxylic acids is 1. The molecular formula is C12H12F2N2O. The van der Waals surface area contributed by atoms with Gasteiger partial charge in [-0.25, -0.2) is 8.78 Å². The Bertz CT molecular complexity index is 490. The summed E-state index contributed by atoms with van der Waals surface area (Å²) in [6, 6.07) is 2.16. The van der Waals surface area contributed by atoms with E-state index in [1.54, 1.807) is 0 Å². The van der Waals surface area contributed by atoms with Crippen LogP contribution in [0.3, 0.4) is 0 Å². The molecule has 1 aromatic carbocycles. The zero-order chi connectivity index (χ0) is 12.0. The van der Waals surface area contributed by atoms with E-state index in [1.807, 2.05) is 4.90 Å². The van der Waals surface area contributed by atoms with Gasteiger partial charge in [-0.3, -0.25) is 4.79 Å². The van der Waals surface area contributed by atoms with Crippen LogP contribution in [0.5, 0.6) is 0 Å². The SMILES string of the molecule is O=C1CC2CCCN2c2cc(F)cc(F)c2N1. The number of halogens is 2. The summed E-state index contributed by atoms with van der Waals surface area (Å²) >= 11 is 0. The van der Waals surface area contributed by atoms with Gasteiger partial charge in [-0.1, -0.05) is 0 Å². The number of nitrogens with one attached hydrogen (secondary N) is 1. The molecule has 0 radical (unpaired) electrons. The molecule has 5 heteroatoms.